The second-order valence-electron chi connectivity index (χ2n) is 12.9. The van der Waals surface area contributed by atoms with E-state index < -0.39 is 25.3 Å². The lowest BCUT2D eigenvalue weighted by Crippen LogP contribution is -2.40. The van der Waals surface area contributed by atoms with Crippen molar-refractivity contribution in [1.82, 2.24) is 19.3 Å². The van der Waals surface area contributed by atoms with Crippen LogP contribution in [-0.4, -0.2) is 92.3 Å². The van der Waals surface area contributed by atoms with Crippen molar-refractivity contribution in [2.75, 3.05) is 59.3 Å². The number of amides is 1. The molecule has 2 saturated heterocycles. The fraction of sp³-hybridized carbons (Fsp3) is 0.364. The van der Waals surface area contributed by atoms with Crippen molar-refractivity contribution in [1.29, 1.82) is 0 Å². The number of rotatable bonds is 7. The van der Waals surface area contributed by atoms with Crippen LogP contribution in [0.25, 0.3) is 22.3 Å². The second kappa shape index (κ2) is 11.8. The third kappa shape index (κ3) is 6.12. The number of fused-ring (bicyclic) bond motifs is 1. The first-order chi connectivity index (χ1) is 22.4. The lowest BCUT2D eigenvalue weighted by Gasteiger charge is -2.27. The van der Waals surface area contributed by atoms with Crippen molar-refractivity contribution in [3.05, 3.63) is 78.0 Å². The molecule has 1 amide bonds. The number of carbonyl (C=O) groups is 1. The average Bonchev–Trinajstić information content (AvgIpc) is 3.79. The van der Waals surface area contributed by atoms with Gasteiger partial charge in [-0.05, 0) is 61.7 Å². The summed E-state index contributed by atoms with van der Waals surface area (Å²) in [5, 5.41) is 5.17. The average molecular weight is 676 g/mol. The number of nitrogens with one attached hydrogen (secondary N) is 2. The highest BCUT2D eigenvalue weighted by Gasteiger charge is 2.36. The largest absolute Gasteiger partial charge is 0.370 e. The van der Waals surface area contributed by atoms with Crippen LogP contribution in [0.3, 0.4) is 0 Å². The van der Waals surface area contributed by atoms with Crippen LogP contribution in [0.4, 0.5) is 17.2 Å². The lowest BCUT2D eigenvalue weighted by molar-refractivity contribution is -0.120. The van der Waals surface area contributed by atoms with Crippen molar-refractivity contribution in [2.24, 2.45) is 0 Å². The summed E-state index contributed by atoms with van der Waals surface area (Å²) in [6.45, 7) is 6.35. The number of sulfone groups is 1. The van der Waals surface area contributed by atoms with Gasteiger partial charge in [0.25, 0.3) is 0 Å². The molecule has 0 radical (unpaired) electrons. The molecule has 12 nitrogen and oxygen atoms in total. The van der Waals surface area contributed by atoms with Crippen molar-refractivity contribution >= 4 is 54.0 Å². The summed E-state index contributed by atoms with van der Waals surface area (Å²) >= 11 is 0. The first kappa shape index (κ1) is 31.3. The van der Waals surface area contributed by atoms with E-state index in [4.69, 9.17) is 0 Å². The van der Waals surface area contributed by atoms with Crippen molar-refractivity contribution in [3.63, 3.8) is 0 Å². The Morgan fingerprint density at radius 3 is 2.45 bits per heavy atom. The third-order valence-electron chi connectivity index (χ3n) is 9.45. The zero-order chi connectivity index (χ0) is 33.0. The van der Waals surface area contributed by atoms with Crippen LogP contribution in [0.1, 0.15) is 25.8 Å². The monoisotopic (exact) mass is 675 g/mol. The Labute approximate surface area is 274 Å². The van der Waals surface area contributed by atoms with E-state index in [1.54, 1.807) is 10.4 Å². The van der Waals surface area contributed by atoms with E-state index in [1.807, 2.05) is 73.3 Å². The Morgan fingerprint density at radius 1 is 0.957 bits per heavy atom. The minimum atomic E-state index is -3.34. The quantitative estimate of drug-likeness (QED) is 0.300. The predicted molar refractivity (Wildman–Crippen MR) is 184 cm³/mol. The number of H-pyrrole nitrogens is 1. The van der Waals surface area contributed by atoms with E-state index in [1.165, 1.54) is 11.7 Å². The summed E-state index contributed by atoms with van der Waals surface area (Å²) in [6, 6.07) is 17.4. The zero-order valence-corrected chi connectivity index (χ0v) is 27.9. The molecule has 4 aromatic rings. The Balaban J connectivity index is 1.03. The Morgan fingerprint density at radius 2 is 1.72 bits per heavy atom. The summed E-state index contributed by atoms with van der Waals surface area (Å²) in [4.78, 5) is 29.9. The van der Waals surface area contributed by atoms with Gasteiger partial charge in [-0.1, -0.05) is 30.3 Å². The lowest BCUT2D eigenvalue weighted by atomic mass is 9.83. The van der Waals surface area contributed by atoms with Crippen molar-refractivity contribution in [2.45, 2.75) is 31.7 Å². The van der Waals surface area contributed by atoms with Crippen LogP contribution < -0.4 is 15.1 Å². The standard InChI is InChI=1S/C33H37N7O5S2/c1-33(2,24-5-3-6-26(19-24)39-13-11-27(21-39)40-12-4-16-47(40,44)45)32(41)36-25-9-7-23(8-10-25)29-20-28-30(37-29)34-22-35-31(28)38-14-17-46(42,43)18-15-38/h3-10,16,19-20,22,27H,11-15,17-18,21H2,1-2H3,(H,36,41)(H,34,35,37). The molecule has 2 aromatic heterocycles. The molecule has 0 aliphatic carbocycles. The maximum Gasteiger partial charge on any atom is 0.236 e. The maximum absolute atomic E-state index is 13.6. The van der Waals surface area contributed by atoms with Gasteiger partial charge in [-0.2, -0.15) is 4.31 Å². The molecule has 0 spiro atoms. The maximum atomic E-state index is 13.6. The fourth-order valence-electron chi connectivity index (χ4n) is 6.52. The van der Waals surface area contributed by atoms with Gasteiger partial charge in [0, 0.05) is 61.2 Å². The van der Waals surface area contributed by atoms with Gasteiger partial charge < -0.3 is 20.1 Å². The molecule has 1 atom stereocenters. The number of aromatic nitrogens is 3. The summed E-state index contributed by atoms with van der Waals surface area (Å²) in [6.07, 6.45) is 3.93. The minimum absolute atomic E-state index is 0.0758. The van der Waals surface area contributed by atoms with Crippen LogP contribution in [0.2, 0.25) is 0 Å². The molecule has 1 unspecified atom stereocenters. The van der Waals surface area contributed by atoms with Crippen LogP contribution in [0.5, 0.6) is 0 Å². The van der Waals surface area contributed by atoms with Crippen molar-refractivity contribution in [3.8, 4) is 11.3 Å². The molecule has 0 bridgehead atoms. The number of nitrogens with zero attached hydrogens (tertiary/aromatic N) is 5. The highest BCUT2D eigenvalue weighted by atomic mass is 32.2. The molecular formula is C33H37N7O5S2. The molecule has 2 N–H and O–H groups in total. The summed E-state index contributed by atoms with van der Waals surface area (Å²) < 4.78 is 50.1. The topological polar surface area (TPSA) is 149 Å². The summed E-state index contributed by atoms with van der Waals surface area (Å²) in [5.74, 6) is 0.777. The second-order valence-corrected chi connectivity index (χ2v) is 16.9. The van der Waals surface area contributed by atoms with E-state index in [9.17, 15) is 21.6 Å². The van der Waals surface area contributed by atoms with E-state index in [0.29, 0.717) is 43.3 Å². The van der Waals surface area contributed by atoms with Gasteiger partial charge in [-0.3, -0.25) is 4.79 Å². The van der Waals surface area contributed by atoms with Gasteiger partial charge >= 0.3 is 0 Å². The molecule has 0 saturated carbocycles. The molecule has 14 heteroatoms. The van der Waals surface area contributed by atoms with Gasteiger partial charge in [0.1, 0.15) is 17.8 Å². The number of hydrogen-bond acceptors (Lipinski definition) is 9. The molecule has 2 aromatic carbocycles. The molecule has 2 fully saturated rings. The molecule has 3 aliphatic rings. The van der Waals surface area contributed by atoms with E-state index in [0.717, 1.165) is 40.9 Å². The van der Waals surface area contributed by atoms with Crippen LogP contribution in [-0.2, 0) is 30.1 Å². The number of anilines is 3. The number of aromatic amines is 1. The van der Waals surface area contributed by atoms with Crippen molar-refractivity contribution < 1.29 is 21.6 Å². The number of benzene rings is 2. The smallest absolute Gasteiger partial charge is 0.236 e. The van der Waals surface area contributed by atoms with Gasteiger partial charge in [-0.25, -0.2) is 26.8 Å². The molecule has 47 heavy (non-hydrogen) atoms. The number of hydrogen-bond donors (Lipinski definition) is 2. The van der Waals surface area contributed by atoms with Crippen LogP contribution in [0, 0.1) is 0 Å². The highest BCUT2D eigenvalue weighted by molar-refractivity contribution is 7.92. The minimum Gasteiger partial charge on any atom is -0.370 e. The molecular weight excluding hydrogens is 639 g/mol. The van der Waals surface area contributed by atoms with Crippen LogP contribution >= 0.6 is 0 Å². The van der Waals surface area contributed by atoms with E-state index in [2.05, 4.69) is 25.2 Å². The van der Waals surface area contributed by atoms with Gasteiger partial charge in [-0.15, -0.1) is 0 Å². The zero-order valence-electron chi connectivity index (χ0n) is 26.3. The Kier molecular flexibility index (Phi) is 7.84. The van der Waals surface area contributed by atoms with Gasteiger partial charge in [0.2, 0.25) is 15.9 Å². The van der Waals surface area contributed by atoms with Gasteiger partial charge in [0.05, 0.1) is 22.3 Å². The molecule has 5 heterocycles. The van der Waals surface area contributed by atoms with Crippen LogP contribution in [0.15, 0.2) is 72.4 Å². The number of sulfonamides is 1. The first-order valence-corrected chi connectivity index (χ1v) is 19.0. The van der Waals surface area contributed by atoms with Gasteiger partial charge in [0.15, 0.2) is 9.84 Å². The third-order valence-corrected chi connectivity index (χ3v) is 12.7. The van der Waals surface area contributed by atoms with E-state index >= 15 is 0 Å². The Bertz CT molecular complexity index is 2080. The molecule has 7 rings (SSSR count). The normalized spacial score (nSPS) is 21.0. The molecule has 246 valence electrons. The predicted octanol–water partition coefficient (Wildman–Crippen LogP) is 3.51. The fourth-order valence-corrected chi connectivity index (χ4v) is 9.09. The number of carbonyl (C=O) groups excluding carboxylic acids is 1. The summed E-state index contributed by atoms with van der Waals surface area (Å²) in [7, 11) is -6.35. The van der Waals surface area contributed by atoms with E-state index in [-0.39, 0.29) is 23.5 Å². The molecule has 3 aliphatic heterocycles. The first-order valence-electron chi connectivity index (χ1n) is 15.6. The SMILES string of the molecule is CC(C)(C(=O)Nc1ccc(-c2cc3c(N4CCS(=O)(=O)CC4)ncnc3[nH]2)cc1)c1cccc(N2CCC(N3CC=CS3(=O)=O)C2)c1. The highest BCUT2D eigenvalue weighted by Crippen LogP contribution is 2.33. The Hall–Kier alpha value is -4.27. The summed E-state index contributed by atoms with van der Waals surface area (Å²) in [5.41, 5.74) is 4.07.